The number of anilines is 1. The fourth-order valence-corrected chi connectivity index (χ4v) is 5.71. The minimum Gasteiger partial charge on any atom is -0.541 e. The standard InChI is InChI=1S/C28H40ClNO4Si2/c1-27(2,3)35(7,8)33-23-15-11-20(18-24(23)34-36(9,10)28(4,5)6)26(32)30-22-14-13-21(29)17-19(22)12-16-25(30)31/h11,13-15,17-18H,12,16H2,1-10H3. The van der Waals surface area contributed by atoms with Crippen LogP contribution < -0.4 is 13.8 Å². The highest BCUT2D eigenvalue weighted by Gasteiger charge is 2.42. The Hall–Kier alpha value is -2.10. The topological polar surface area (TPSA) is 55.8 Å². The van der Waals surface area contributed by atoms with Crippen molar-refractivity contribution in [1.29, 1.82) is 0 Å². The van der Waals surface area contributed by atoms with Crippen molar-refractivity contribution in [3.05, 3.63) is 52.5 Å². The monoisotopic (exact) mass is 545 g/mol. The number of carbonyl (C=O) groups is 2. The summed E-state index contributed by atoms with van der Waals surface area (Å²) in [4.78, 5) is 27.9. The van der Waals surface area contributed by atoms with E-state index in [0.717, 1.165) is 5.56 Å². The van der Waals surface area contributed by atoms with Crippen LogP contribution in [0.3, 0.4) is 0 Å². The lowest BCUT2D eigenvalue weighted by atomic mass is 10.00. The highest BCUT2D eigenvalue weighted by molar-refractivity contribution is 6.75. The minimum atomic E-state index is -2.24. The Labute approximate surface area is 223 Å². The molecule has 2 amide bonds. The first-order valence-corrected chi connectivity index (χ1v) is 18.7. The molecular formula is C28H40ClNO4Si2. The van der Waals surface area contributed by atoms with Crippen LogP contribution in [0.1, 0.15) is 63.9 Å². The van der Waals surface area contributed by atoms with Gasteiger partial charge >= 0.3 is 0 Å². The number of halogens is 1. The second-order valence-electron chi connectivity index (χ2n) is 12.7. The van der Waals surface area contributed by atoms with E-state index in [1.807, 2.05) is 12.1 Å². The zero-order valence-electron chi connectivity index (χ0n) is 23.3. The summed E-state index contributed by atoms with van der Waals surface area (Å²) in [6.45, 7) is 21.8. The highest BCUT2D eigenvalue weighted by atomic mass is 35.5. The van der Waals surface area contributed by atoms with Crippen molar-refractivity contribution in [3.8, 4) is 11.5 Å². The van der Waals surface area contributed by atoms with E-state index >= 15 is 0 Å². The van der Waals surface area contributed by atoms with E-state index in [1.54, 1.807) is 24.3 Å². The normalized spacial score (nSPS) is 15.0. The zero-order valence-corrected chi connectivity index (χ0v) is 26.1. The van der Waals surface area contributed by atoms with Crippen molar-refractivity contribution < 1.29 is 18.4 Å². The van der Waals surface area contributed by atoms with Crippen LogP contribution in [0.25, 0.3) is 0 Å². The number of aryl methyl sites for hydroxylation is 1. The Morgan fingerprint density at radius 1 is 0.833 bits per heavy atom. The average Bonchev–Trinajstić information content (AvgIpc) is 2.72. The molecule has 0 aliphatic carbocycles. The molecule has 0 saturated carbocycles. The number of nitrogens with zero attached hydrogens (tertiary/aromatic N) is 1. The largest absolute Gasteiger partial charge is 0.541 e. The van der Waals surface area contributed by atoms with E-state index in [1.165, 1.54) is 4.90 Å². The summed E-state index contributed by atoms with van der Waals surface area (Å²) in [7, 11) is -4.41. The predicted octanol–water partition coefficient (Wildman–Crippen LogP) is 8.23. The van der Waals surface area contributed by atoms with E-state index in [-0.39, 0.29) is 28.3 Å². The first-order chi connectivity index (χ1) is 16.3. The van der Waals surface area contributed by atoms with Crippen LogP contribution in [0.2, 0.25) is 41.3 Å². The lowest BCUT2D eigenvalue weighted by molar-refractivity contribution is -0.118. The molecule has 2 aromatic rings. The van der Waals surface area contributed by atoms with Crippen LogP contribution >= 0.6 is 11.6 Å². The van der Waals surface area contributed by atoms with Crippen LogP contribution in [-0.2, 0) is 11.2 Å². The lowest BCUT2D eigenvalue weighted by Gasteiger charge is -2.39. The fraction of sp³-hybridized carbons (Fsp3) is 0.500. The highest BCUT2D eigenvalue weighted by Crippen LogP contribution is 2.44. The van der Waals surface area contributed by atoms with Gasteiger partial charge in [-0.1, -0.05) is 53.1 Å². The molecule has 0 aromatic heterocycles. The molecule has 0 unspecified atom stereocenters. The van der Waals surface area contributed by atoms with E-state index in [4.69, 9.17) is 20.5 Å². The molecule has 2 aromatic carbocycles. The maximum atomic E-state index is 13.7. The number of benzene rings is 2. The van der Waals surface area contributed by atoms with E-state index in [0.29, 0.717) is 34.2 Å². The molecule has 5 nitrogen and oxygen atoms in total. The van der Waals surface area contributed by atoms with E-state index < -0.39 is 16.6 Å². The maximum absolute atomic E-state index is 13.7. The van der Waals surface area contributed by atoms with Gasteiger partial charge in [-0.05, 0) is 84.6 Å². The third-order valence-electron chi connectivity index (χ3n) is 7.88. The fourth-order valence-electron chi connectivity index (χ4n) is 3.47. The minimum absolute atomic E-state index is 0.000931. The lowest BCUT2D eigenvalue weighted by Crippen LogP contribution is -2.46. The van der Waals surface area contributed by atoms with Gasteiger partial charge in [-0.25, -0.2) is 4.90 Å². The van der Waals surface area contributed by atoms with Gasteiger partial charge in [0, 0.05) is 17.0 Å². The van der Waals surface area contributed by atoms with Gasteiger partial charge in [-0.3, -0.25) is 9.59 Å². The summed E-state index contributed by atoms with van der Waals surface area (Å²) in [5.74, 6) is 0.628. The third kappa shape index (κ3) is 5.73. The van der Waals surface area contributed by atoms with Gasteiger partial charge < -0.3 is 8.85 Å². The second-order valence-corrected chi connectivity index (χ2v) is 22.6. The number of imide groups is 1. The Morgan fingerprint density at radius 3 is 1.94 bits per heavy atom. The Bertz CT molecular complexity index is 1180. The molecule has 3 rings (SSSR count). The summed E-state index contributed by atoms with van der Waals surface area (Å²) in [5, 5.41) is 0.552. The Balaban J connectivity index is 2.08. The molecule has 36 heavy (non-hydrogen) atoms. The molecule has 0 fully saturated rings. The number of fused-ring (bicyclic) bond motifs is 1. The van der Waals surface area contributed by atoms with E-state index in [9.17, 15) is 9.59 Å². The molecule has 0 spiro atoms. The first-order valence-electron chi connectivity index (χ1n) is 12.5. The average molecular weight is 546 g/mol. The van der Waals surface area contributed by atoms with Crippen LogP contribution in [0.15, 0.2) is 36.4 Å². The molecule has 0 atom stereocenters. The van der Waals surface area contributed by atoms with Crippen LogP contribution in [0.5, 0.6) is 11.5 Å². The molecular weight excluding hydrogens is 506 g/mol. The summed E-state index contributed by atoms with van der Waals surface area (Å²) < 4.78 is 13.4. The molecule has 0 saturated heterocycles. The summed E-state index contributed by atoms with van der Waals surface area (Å²) in [5.41, 5.74) is 1.88. The van der Waals surface area contributed by atoms with Crippen molar-refractivity contribution in [3.63, 3.8) is 0 Å². The van der Waals surface area contributed by atoms with Crippen molar-refractivity contribution >= 4 is 45.7 Å². The molecule has 1 aliphatic rings. The van der Waals surface area contributed by atoms with Crippen molar-refractivity contribution in [2.75, 3.05) is 4.90 Å². The quantitative estimate of drug-likeness (QED) is 0.280. The molecule has 8 heteroatoms. The van der Waals surface area contributed by atoms with Crippen LogP contribution in [-0.4, -0.2) is 28.4 Å². The summed E-state index contributed by atoms with van der Waals surface area (Å²) >= 11 is 6.17. The van der Waals surface area contributed by atoms with Crippen molar-refractivity contribution in [1.82, 2.24) is 0 Å². The van der Waals surface area contributed by atoms with Gasteiger partial charge in [0.2, 0.25) is 5.91 Å². The van der Waals surface area contributed by atoms with Crippen LogP contribution in [0.4, 0.5) is 5.69 Å². The summed E-state index contributed by atoms with van der Waals surface area (Å²) in [6, 6.07) is 10.6. The van der Waals surface area contributed by atoms with Crippen molar-refractivity contribution in [2.24, 2.45) is 0 Å². The third-order valence-corrected chi connectivity index (χ3v) is 16.8. The van der Waals surface area contributed by atoms with Gasteiger partial charge in [0.05, 0.1) is 5.69 Å². The Morgan fingerprint density at radius 2 is 1.39 bits per heavy atom. The van der Waals surface area contributed by atoms with Gasteiger partial charge in [-0.2, -0.15) is 0 Å². The van der Waals surface area contributed by atoms with Crippen molar-refractivity contribution in [2.45, 2.75) is 90.6 Å². The number of rotatable bonds is 5. The maximum Gasteiger partial charge on any atom is 0.265 e. The van der Waals surface area contributed by atoms with Gasteiger partial charge in [0.25, 0.3) is 22.5 Å². The summed E-state index contributed by atoms with van der Waals surface area (Å²) in [6.07, 6.45) is 0.830. The molecule has 196 valence electrons. The van der Waals surface area contributed by atoms with Gasteiger partial charge in [-0.15, -0.1) is 0 Å². The first kappa shape index (κ1) is 28.5. The predicted molar refractivity (Wildman–Crippen MR) is 154 cm³/mol. The molecule has 0 bridgehead atoms. The van der Waals surface area contributed by atoms with Crippen LogP contribution in [0, 0.1) is 0 Å². The van der Waals surface area contributed by atoms with E-state index in [2.05, 4.69) is 67.7 Å². The SMILES string of the molecule is CC(C)(C)[Si](C)(C)Oc1ccc(C(=O)N2C(=O)CCc3cc(Cl)ccc32)cc1O[Si](C)(C)C(C)(C)C. The van der Waals surface area contributed by atoms with Gasteiger partial charge in [0.1, 0.15) is 11.5 Å². The molecule has 0 radical (unpaired) electrons. The number of amides is 2. The number of carbonyl (C=O) groups excluding carboxylic acids is 2. The molecule has 0 N–H and O–H groups in total. The zero-order chi connectivity index (χ0) is 27.3. The molecule has 1 aliphatic heterocycles. The van der Waals surface area contributed by atoms with Gasteiger partial charge in [0.15, 0.2) is 0 Å². The smallest absolute Gasteiger partial charge is 0.265 e. The molecule has 1 heterocycles. The Kier molecular flexibility index (Phi) is 7.63. The number of hydrogen-bond acceptors (Lipinski definition) is 4. The number of hydrogen-bond donors (Lipinski definition) is 0. The second kappa shape index (κ2) is 9.65.